The third kappa shape index (κ3) is 11.5. The molecule has 0 radical (unpaired) electrons. The minimum absolute atomic E-state index is 0. The number of hydrogen-bond donors (Lipinski definition) is 2. The Morgan fingerprint density at radius 3 is 2.37 bits per heavy atom. The largest absolute Gasteiger partial charge is 0.374 e. The average Bonchev–Trinajstić information content (AvgIpc) is 2.56. The summed E-state index contributed by atoms with van der Waals surface area (Å²) in [5, 5.41) is 6.85. The maximum Gasteiger partial charge on any atom is 0.191 e. The highest BCUT2D eigenvalue weighted by Crippen LogP contribution is 2.07. The lowest BCUT2D eigenvalue weighted by Crippen LogP contribution is -2.50. The first-order valence-corrected chi connectivity index (χ1v) is 10.4. The van der Waals surface area contributed by atoms with E-state index in [9.17, 15) is 0 Å². The average molecular weight is 498 g/mol. The van der Waals surface area contributed by atoms with Gasteiger partial charge in [-0.05, 0) is 40.0 Å². The topological polar surface area (TPSA) is 52.1 Å². The molecule has 27 heavy (non-hydrogen) atoms. The molecular weight excluding hydrogens is 453 g/mol. The summed E-state index contributed by atoms with van der Waals surface area (Å²) in [6.45, 7) is 20.5. The molecule has 1 rings (SSSR count). The molecule has 1 aliphatic heterocycles. The first-order valence-electron chi connectivity index (χ1n) is 10.4. The lowest BCUT2D eigenvalue weighted by atomic mass is 10.2. The second-order valence-corrected chi connectivity index (χ2v) is 8.30. The first kappa shape index (κ1) is 26.9. The third-order valence-electron chi connectivity index (χ3n) is 4.78. The molecule has 0 spiro atoms. The zero-order valence-corrected chi connectivity index (χ0v) is 21.0. The zero-order valence-electron chi connectivity index (χ0n) is 18.6. The highest BCUT2D eigenvalue weighted by molar-refractivity contribution is 14.0. The van der Waals surface area contributed by atoms with E-state index in [2.05, 4.69) is 67.0 Å². The van der Waals surface area contributed by atoms with Crippen molar-refractivity contribution in [3.8, 4) is 0 Å². The Balaban J connectivity index is 0.00000676. The van der Waals surface area contributed by atoms with Gasteiger partial charge in [0.05, 0.1) is 12.7 Å². The number of ether oxygens (including phenoxy) is 1. The van der Waals surface area contributed by atoms with Crippen LogP contribution >= 0.6 is 24.0 Å². The molecule has 2 N–H and O–H groups in total. The summed E-state index contributed by atoms with van der Waals surface area (Å²) in [5.74, 6) is 1.57. The van der Waals surface area contributed by atoms with Crippen molar-refractivity contribution in [2.45, 2.75) is 66.2 Å². The predicted molar refractivity (Wildman–Crippen MR) is 127 cm³/mol. The molecule has 0 bridgehead atoms. The van der Waals surface area contributed by atoms with E-state index in [4.69, 9.17) is 4.74 Å². The zero-order chi connectivity index (χ0) is 19.5. The number of nitrogens with zero attached hydrogens (tertiary/aromatic N) is 3. The molecule has 1 atom stereocenters. The predicted octanol–water partition coefficient (Wildman–Crippen LogP) is 2.64. The number of halogens is 1. The van der Waals surface area contributed by atoms with E-state index in [0.29, 0.717) is 18.0 Å². The van der Waals surface area contributed by atoms with E-state index in [1.807, 2.05) is 7.05 Å². The van der Waals surface area contributed by atoms with Crippen LogP contribution < -0.4 is 10.6 Å². The van der Waals surface area contributed by atoms with Crippen LogP contribution in [-0.2, 0) is 4.74 Å². The van der Waals surface area contributed by atoms with Crippen LogP contribution in [-0.4, -0.2) is 86.9 Å². The monoisotopic (exact) mass is 497 g/mol. The van der Waals surface area contributed by atoms with E-state index in [1.54, 1.807) is 0 Å². The van der Waals surface area contributed by atoms with Crippen LogP contribution in [0, 0.1) is 5.92 Å². The number of nitrogens with one attached hydrogen (secondary N) is 2. The molecule has 1 fully saturated rings. The number of guanidine groups is 1. The Bertz CT molecular complexity index is 396. The van der Waals surface area contributed by atoms with E-state index in [0.717, 1.165) is 58.3 Å². The minimum atomic E-state index is 0. The van der Waals surface area contributed by atoms with E-state index < -0.39 is 0 Å². The minimum Gasteiger partial charge on any atom is -0.374 e. The fourth-order valence-electron chi connectivity index (χ4n) is 3.60. The van der Waals surface area contributed by atoms with Crippen molar-refractivity contribution in [2.75, 3.05) is 52.9 Å². The van der Waals surface area contributed by atoms with Crippen LogP contribution in [0.25, 0.3) is 0 Å². The van der Waals surface area contributed by atoms with Gasteiger partial charge >= 0.3 is 0 Å². The fourth-order valence-corrected chi connectivity index (χ4v) is 3.60. The van der Waals surface area contributed by atoms with Gasteiger partial charge in [-0.3, -0.25) is 14.8 Å². The van der Waals surface area contributed by atoms with Gasteiger partial charge < -0.3 is 15.4 Å². The van der Waals surface area contributed by atoms with Gasteiger partial charge in [0.15, 0.2) is 5.96 Å². The van der Waals surface area contributed by atoms with Gasteiger partial charge in [0.2, 0.25) is 0 Å². The highest BCUT2D eigenvalue weighted by atomic mass is 127. The summed E-state index contributed by atoms with van der Waals surface area (Å²) in [6, 6.07) is 1.18. The normalized spacial score (nSPS) is 19.1. The summed E-state index contributed by atoms with van der Waals surface area (Å²) in [4.78, 5) is 9.37. The molecule has 1 unspecified atom stereocenters. The lowest BCUT2D eigenvalue weighted by molar-refractivity contribution is -0.0284. The molecule has 0 saturated carbocycles. The van der Waals surface area contributed by atoms with Crippen LogP contribution in [0.1, 0.15) is 48.0 Å². The van der Waals surface area contributed by atoms with Crippen molar-refractivity contribution in [3.05, 3.63) is 0 Å². The smallest absolute Gasteiger partial charge is 0.191 e. The number of hydrogen-bond acceptors (Lipinski definition) is 4. The standard InChI is InChI=1S/C20H43N5O.HI/c1-16(2)14-24-11-12-26-19(15-24)13-23-20(21-7)22-9-8-10-25(17(3)4)18(5)6;/h16-19H,8-15H2,1-7H3,(H2,21,22,23);1H. The highest BCUT2D eigenvalue weighted by Gasteiger charge is 2.21. The molecule has 0 amide bonds. The summed E-state index contributed by atoms with van der Waals surface area (Å²) >= 11 is 0. The van der Waals surface area contributed by atoms with Crippen molar-refractivity contribution in [2.24, 2.45) is 10.9 Å². The Morgan fingerprint density at radius 1 is 1.15 bits per heavy atom. The van der Waals surface area contributed by atoms with Crippen molar-refractivity contribution >= 4 is 29.9 Å². The summed E-state index contributed by atoms with van der Waals surface area (Å²) < 4.78 is 5.90. The van der Waals surface area contributed by atoms with E-state index >= 15 is 0 Å². The molecule has 1 saturated heterocycles. The Morgan fingerprint density at radius 2 is 1.81 bits per heavy atom. The molecule has 7 heteroatoms. The third-order valence-corrected chi connectivity index (χ3v) is 4.78. The number of aliphatic imine (C=N–C) groups is 1. The Hall–Kier alpha value is -0.120. The lowest BCUT2D eigenvalue weighted by Gasteiger charge is -2.34. The molecule has 162 valence electrons. The molecule has 0 aromatic heterocycles. The molecular formula is C20H44IN5O. The second kappa shape index (κ2) is 14.8. The molecule has 0 aliphatic carbocycles. The first-order chi connectivity index (χ1) is 12.3. The van der Waals surface area contributed by atoms with Gasteiger partial charge in [-0.15, -0.1) is 24.0 Å². The van der Waals surface area contributed by atoms with Crippen molar-refractivity contribution < 1.29 is 4.74 Å². The van der Waals surface area contributed by atoms with Gasteiger partial charge in [-0.25, -0.2) is 0 Å². The molecule has 0 aromatic carbocycles. The van der Waals surface area contributed by atoms with Gasteiger partial charge in [-0.1, -0.05) is 13.8 Å². The van der Waals surface area contributed by atoms with E-state index in [-0.39, 0.29) is 30.1 Å². The van der Waals surface area contributed by atoms with Gasteiger partial charge in [0, 0.05) is 58.4 Å². The fraction of sp³-hybridized carbons (Fsp3) is 0.950. The Labute approximate surface area is 184 Å². The van der Waals surface area contributed by atoms with Gasteiger partial charge in [0.25, 0.3) is 0 Å². The maximum atomic E-state index is 5.90. The van der Waals surface area contributed by atoms with E-state index in [1.165, 1.54) is 0 Å². The second-order valence-electron chi connectivity index (χ2n) is 8.30. The number of rotatable bonds is 10. The van der Waals surface area contributed by atoms with Crippen molar-refractivity contribution in [3.63, 3.8) is 0 Å². The summed E-state index contributed by atoms with van der Waals surface area (Å²) in [5.41, 5.74) is 0. The summed E-state index contributed by atoms with van der Waals surface area (Å²) in [6.07, 6.45) is 1.34. The summed E-state index contributed by atoms with van der Waals surface area (Å²) in [7, 11) is 1.83. The molecule has 6 nitrogen and oxygen atoms in total. The van der Waals surface area contributed by atoms with Crippen LogP contribution in [0.5, 0.6) is 0 Å². The van der Waals surface area contributed by atoms with Crippen LogP contribution in [0.15, 0.2) is 4.99 Å². The van der Waals surface area contributed by atoms with Crippen molar-refractivity contribution in [1.29, 1.82) is 0 Å². The maximum absolute atomic E-state index is 5.90. The van der Waals surface area contributed by atoms with Crippen molar-refractivity contribution in [1.82, 2.24) is 20.4 Å². The molecule has 1 heterocycles. The Kier molecular flexibility index (Phi) is 14.8. The molecule has 1 aliphatic rings. The SMILES string of the molecule is CN=C(NCCCN(C(C)C)C(C)C)NCC1CN(CC(C)C)CCO1.I. The van der Waals surface area contributed by atoms with Crippen LogP contribution in [0.2, 0.25) is 0 Å². The van der Waals surface area contributed by atoms with Crippen LogP contribution in [0.4, 0.5) is 0 Å². The number of morpholine rings is 1. The van der Waals surface area contributed by atoms with Crippen LogP contribution in [0.3, 0.4) is 0 Å². The molecule has 0 aromatic rings. The van der Waals surface area contributed by atoms with Gasteiger partial charge in [-0.2, -0.15) is 0 Å². The van der Waals surface area contributed by atoms with Gasteiger partial charge in [0.1, 0.15) is 0 Å². The quantitative estimate of drug-likeness (QED) is 0.210.